The van der Waals surface area contributed by atoms with Gasteiger partial charge in [0.2, 0.25) is 5.79 Å². The van der Waals surface area contributed by atoms with E-state index in [0.717, 1.165) is 31.2 Å². The molecule has 1 N–H and O–H groups in total. The SMILES string of the molecule is C[C@@H]1CCC2[C@@H](C)[C@@H](O[C@H](C)c3ccc(C(=O)O)cc3)O[C@@H]3O[C@@]4(C)CC[C@@H]1[C@@]23OO4. The van der Waals surface area contributed by atoms with Gasteiger partial charge < -0.3 is 19.3 Å². The van der Waals surface area contributed by atoms with Crippen molar-refractivity contribution < 1.29 is 33.9 Å². The zero-order chi connectivity index (χ0) is 22.0. The predicted molar refractivity (Wildman–Crippen MR) is 110 cm³/mol. The molecule has 1 aromatic rings. The van der Waals surface area contributed by atoms with Gasteiger partial charge in [-0.3, -0.25) is 0 Å². The van der Waals surface area contributed by atoms with Crippen LogP contribution in [-0.2, 0) is 24.0 Å². The smallest absolute Gasteiger partial charge is 0.335 e. The molecule has 1 saturated carbocycles. The number of rotatable bonds is 4. The van der Waals surface area contributed by atoms with Gasteiger partial charge in [0.05, 0.1) is 11.7 Å². The first-order valence-corrected chi connectivity index (χ1v) is 11.4. The van der Waals surface area contributed by atoms with E-state index in [-0.39, 0.29) is 23.5 Å². The van der Waals surface area contributed by atoms with E-state index >= 15 is 0 Å². The Morgan fingerprint density at radius 3 is 2.58 bits per heavy atom. The van der Waals surface area contributed by atoms with Crippen molar-refractivity contribution in [2.24, 2.45) is 23.7 Å². The fourth-order valence-electron chi connectivity index (χ4n) is 6.20. The molecule has 1 unspecified atom stereocenters. The second-order valence-electron chi connectivity index (χ2n) is 9.98. The quantitative estimate of drug-likeness (QED) is 0.692. The molecular formula is C24H32O7. The molecule has 5 fully saturated rings. The van der Waals surface area contributed by atoms with E-state index in [0.29, 0.717) is 11.8 Å². The highest BCUT2D eigenvalue weighted by atomic mass is 17.3. The fourth-order valence-corrected chi connectivity index (χ4v) is 6.20. The minimum Gasteiger partial charge on any atom is -0.478 e. The Balaban J connectivity index is 1.40. The van der Waals surface area contributed by atoms with Gasteiger partial charge >= 0.3 is 5.97 Å². The lowest BCUT2D eigenvalue weighted by molar-refractivity contribution is -0.578. The van der Waals surface area contributed by atoms with Crippen molar-refractivity contribution in [3.63, 3.8) is 0 Å². The highest BCUT2D eigenvalue weighted by Crippen LogP contribution is 2.60. The number of ether oxygens (including phenoxy) is 3. The molecule has 9 atom stereocenters. The van der Waals surface area contributed by atoms with Crippen molar-refractivity contribution in [1.29, 1.82) is 0 Å². The summed E-state index contributed by atoms with van der Waals surface area (Å²) in [6, 6.07) is 6.79. The van der Waals surface area contributed by atoms with E-state index in [1.165, 1.54) is 0 Å². The van der Waals surface area contributed by atoms with Gasteiger partial charge in [-0.1, -0.05) is 26.0 Å². The minimum atomic E-state index is -0.938. The van der Waals surface area contributed by atoms with E-state index < -0.39 is 29.9 Å². The number of hydrogen-bond donors (Lipinski definition) is 1. The van der Waals surface area contributed by atoms with Crippen molar-refractivity contribution in [2.75, 3.05) is 0 Å². The van der Waals surface area contributed by atoms with E-state index in [2.05, 4.69) is 13.8 Å². The van der Waals surface area contributed by atoms with Crippen LogP contribution in [0.3, 0.4) is 0 Å². The molecule has 7 nitrogen and oxygen atoms in total. The summed E-state index contributed by atoms with van der Waals surface area (Å²) in [4.78, 5) is 23.2. The summed E-state index contributed by atoms with van der Waals surface area (Å²) in [5, 5.41) is 9.13. The Morgan fingerprint density at radius 1 is 1.13 bits per heavy atom. The molecule has 0 aromatic heterocycles. The van der Waals surface area contributed by atoms with Crippen LogP contribution < -0.4 is 0 Å². The van der Waals surface area contributed by atoms with Crippen LogP contribution in [0.2, 0.25) is 0 Å². The van der Waals surface area contributed by atoms with Crippen molar-refractivity contribution in [1.82, 2.24) is 0 Å². The average molecular weight is 433 g/mol. The molecule has 4 heterocycles. The lowest BCUT2D eigenvalue weighted by atomic mass is 9.58. The van der Waals surface area contributed by atoms with Gasteiger partial charge in [0.15, 0.2) is 18.2 Å². The largest absolute Gasteiger partial charge is 0.478 e. The molecule has 7 heteroatoms. The zero-order valence-corrected chi connectivity index (χ0v) is 18.6. The maximum absolute atomic E-state index is 11.1. The second kappa shape index (κ2) is 7.52. The third-order valence-corrected chi connectivity index (χ3v) is 8.06. The number of fused-ring (bicyclic) bond motifs is 2. The van der Waals surface area contributed by atoms with E-state index in [1.807, 2.05) is 13.8 Å². The summed E-state index contributed by atoms with van der Waals surface area (Å²) in [5.74, 6) is -0.590. The van der Waals surface area contributed by atoms with Gasteiger partial charge in [0.1, 0.15) is 0 Å². The molecule has 1 aromatic carbocycles. The van der Waals surface area contributed by atoms with E-state index in [4.69, 9.17) is 29.1 Å². The highest BCUT2D eigenvalue weighted by molar-refractivity contribution is 5.87. The summed E-state index contributed by atoms with van der Waals surface area (Å²) in [7, 11) is 0. The van der Waals surface area contributed by atoms with Crippen LogP contribution in [0, 0.1) is 23.7 Å². The van der Waals surface area contributed by atoms with Crippen molar-refractivity contribution in [2.45, 2.75) is 83.5 Å². The fraction of sp³-hybridized carbons (Fsp3) is 0.708. The third kappa shape index (κ3) is 3.33. The lowest BCUT2D eigenvalue weighted by Crippen LogP contribution is -2.70. The first-order valence-electron chi connectivity index (χ1n) is 11.4. The summed E-state index contributed by atoms with van der Waals surface area (Å²) in [6.07, 6.45) is 2.71. The van der Waals surface area contributed by atoms with Crippen LogP contribution in [0.25, 0.3) is 0 Å². The molecular weight excluding hydrogens is 400 g/mol. The Bertz CT molecular complexity index is 841. The van der Waals surface area contributed by atoms with E-state index in [9.17, 15) is 4.79 Å². The second-order valence-corrected chi connectivity index (χ2v) is 9.98. The molecule has 1 spiro atoms. The summed E-state index contributed by atoms with van der Waals surface area (Å²) >= 11 is 0. The van der Waals surface area contributed by atoms with Crippen molar-refractivity contribution in [3.05, 3.63) is 35.4 Å². The van der Waals surface area contributed by atoms with Crippen molar-refractivity contribution >= 4 is 5.97 Å². The topological polar surface area (TPSA) is 83.5 Å². The molecule has 170 valence electrons. The highest BCUT2D eigenvalue weighted by Gasteiger charge is 2.69. The number of carboxylic acid groups (broad SMARTS) is 1. The van der Waals surface area contributed by atoms with Gasteiger partial charge in [-0.2, -0.15) is 0 Å². The Kier molecular flexibility index (Phi) is 5.18. The van der Waals surface area contributed by atoms with Crippen LogP contribution in [0.15, 0.2) is 24.3 Å². The molecule has 31 heavy (non-hydrogen) atoms. The molecule has 0 amide bonds. The first kappa shape index (κ1) is 21.3. The number of carboxylic acids is 1. The van der Waals surface area contributed by atoms with Gasteiger partial charge in [-0.15, -0.1) is 0 Å². The molecule has 0 radical (unpaired) electrons. The summed E-state index contributed by atoms with van der Waals surface area (Å²) in [6.45, 7) is 8.34. The summed E-state index contributed by atoms with van der Waals surface area (Å²) < 4.78 is 19.2. The van der Waals surface area contributed by atoms with Crippen LogP contribution in [0.4, 0.5) is 0 Å². The maximum atomic E-state index is 11.1. The standard InChI is InChI=1S/C24H32O7/c1-13-5-10-19-14(2)21(27-15(3)16-6-8-17(9-7-16)20(25)26)28-22-24(19)18(13)11-12-23(4,29-22)30-31-24/h6-9,13-15,18-19,21-22H,5,10-12H2,1-4H3,(H,25,26)/t13-,14-,15-,18+,19?,21+,22-,23-,24-/m1/s1. The number of benzene rings is 1. The normalized spacial score (nSPS) is 44.9. The Morgan fingerprint density at radius 2 is 1.87 bits per heavy atom. The zero-order valence-electron chi connectivity index (χ0n) is 18.6. The molecule has 5 aliphatic rings. The van der Waals surface area contributed by atoms with E-state index in [1.54, 1.807) is 24.3 Å². The molecule has 2 bridgehead atoms. The number of carbonyl (C=O) groups is 1. The van der Waals surface area contributed by atoms with Gasteiger partial charge in [-0.05, 0) is 62.6 Å². The molecule has 6 rings (SSSR count). The summed E-state index contributed by atoms with van der Waals surface area (Å²) in [5.41, 5.74) is 0.571. The van der Waals surface area contributed by atoms with Crippen molar-refractivity contribution in [3.8, 4) is 0 Å². The first-order chi connectivity index (χ1) is 14.7. The van der Waals surface area contributed by atoms with Crippen LogP contribution in [0.5, 0.6) is 0 Å². The lowest BCUT2D eigenvalue weighted by Gasteiger charge is -2.60. The van der Waals surface area contributed by atoms with Crippen LogP contribution in [0.1, 0.15) is 75.4 Å². The third-order valence-electron chi connectivity index (χ3n) is 8.06. The molecule has 1 aliphatic carbocycles. The average Bonchev–Trinajstić information content (AvgIpc) is 2.98. The van der Waals surface area contributed by atoms with Crippen LogP contribution >= 0.6 is 0 Å². The molecule has 4 saturated heterocycles. The molecule has 4 aliphatic heterocycles. The van der Waals surface area contributed by atoms with Gasteiger partial charge in [0, 0.05) is 18.3 Å². The monoisotopic (exact) mass is 432 g/mol. The maximum Gasteiger partial charge on any atom is 0.335 e. The predicted octanol–water partition coefficient (Wildman–Crippen LogP) is 4.67. The van der Waals surface area contributed by atoms with Gasteiger partial charge in [0.25, 0.3) is 0 Å². The van der Waals surface area contributed by atoms with Crippen LogP contribution in [-0.4, -0.2) is 35.0 Å². The van der Waals surface area contributed by atoms with Gasteiger partial charge in [-0.25, -0.2) is 14.6 Å². The number of aromatic carboxylic acids is 1. The minimum absolute atomic E-state index is 0.0987. The number of hydrogen-bond acceptors (Lipinski definition) is 6. The Hall–Kier alpha value is -1.51. The Labute approximate surface area is 182 Å².